The van der Waals surface area contributed by atoms with Gasteiger partial charge in [-0.1, -0.05) is 6.08 Å². The Hall–Kier alpha value is -2.35. The molecule has 5 nitrogen and oxygen atoms in total. The molecule has 0 aliphatic rings. The molecule has 0 saturated heterocycles. The Kier molecular flexibility index (Phi) is 4.70. The van der Waals surface area contributed by atoms with Crippen LogP contribution in [-0.4, -0.2) is 11.5 Å². The minimum absolute atomic E-state index is 0.111. The van der Waals surface area contributed by atoms with Gasteiger partial charge in [-0.05, 0) is 18.9 Å². The fourth-order valence-corrected chi connectivity index (χ4v) is 1.25. The molecule has 0 unspecified atom stereocenters. The van der Waals surface area contributed by atoms with Gasteiger partial charge in [0.1, 0.15) is 17.4 Å². The highest BCUT2D eigenvalue weighted by atomic mass is 16.6. The summed E-state index contributed by atoms with van der Waals surface area (Å²) < 4.78 is 5.37. The standard InChI is InChI=1S/C12H12N2O3/c1-2-3-4-7-17-12-6-5-11(14(15)16)8-10(12)9-13/h2,5-6,8H,1,3-4,7H2. The van der Waals surface area contributed by atoms with E-state index in [2.05, 4.69) is 6.58 Å². The summed E-state index contributed by atoms with van der Waals surface area (Å²) in [5, 5.41) is 19.4. The number of nitriles is 1. The molecule has 0 fully saturated rings. The van der Waals surface area contributed by atoms with Crippen LogP contribution in [0.25, 0.3) is 0 Å². The van der Waals surface area contributed by atoms with Crippen LogP contribution in [0.2, 0.25) is 0 Å². The number of nitro benzene ring substituents is 1. The van der Waals surface area contributed by atoms with Crippen molar-refractivity contribution in [2.24, 2.45) is 0 Å². The molecular formula is C12H12N2O3. The van der Waals surface area contributed by atoms with Gasteiger partial charge in [0.15, 0.2) is 0 Å². The normalized spacial score (nSPS) is 9.35. The minimum Gasteiger partial charge on any atom is -0.492 e. The molecule has 0 aliphatic carbocycles. The van der Waals surface area contributed by atoms with Gasteiger partial charge in [-0.25, -0.2) is 0 Å². The lowest BCUT2D eigenvalue weighted by Gasteiger charge is -2.06. The van der Waals surface area contributed by atoms with Crippen LogP contribution < -0.4 is 4.74 Å². The molecular weight excluding hydrogens is 220 g/mol. The molecule has 0 aliphatic heterocycles. The molecule has 0 amide bonds. The summed E-state index contributed by atoms with van der Waals surface area (Å²) in [6, 6.07) is 5.87. The van der Waals surface area contributed by atoms with Gasteiger partial charge in [-0.15, -0.1) is 6.58 Å². The minimum atomic E-state index is -0.539. The number of hydrogen-bond acceptors (Lipinski definition) is 4. The van der Waals surface area contributed by atoms with Crippen LogP contribution in [0, 0.1) is 21.4 Å². The number of nitro groups is 1. The summed E-state index contributed by atoms with van der Waals surface area (Å²) in [4.78, 5) is 9.98. The van der Waals surface area contributed by atoms with Crippen molar-refractivity contribution < 1.29 is 9.66 Å². The van der Waals surface area contributed by atoms with Crippen molar-refractivity contribution in [3.05, 3.63) is 46.5 Å². The zero-order chi connectivity index (χ0) is 12.7. The smallest absolute Gasteiger partial charge is 0.271 e. The molecule has 0 aromatic heterocycles. The van der Waals surface area contributed by atoms with Crippen LogP contribution in [0.15, 0.2) is 30.9 Å². The van der Waals surface area contributed by atoms with E-state index >= 15 is 0 Å². The van der Waals surface area contributed by atoms with Crippen LogP contribution in [-0.2, 0) is 0 Å². The zero-order valence-corrected chi connectivity index (χ0v) is 9.26. The first-order valence-corrected chi connectivity index (χ1v) is 5.11. The van der Waals surface area contributed by atoms with Crippen molar-refractivity contribution in [2.45, 2.75) is 12.8 Å². The van der Waals surface area contributed by atoms with Crippen LogP contribution in [0.1, 0.15) is 18.4 Å². The molecule has 1 aromatic rings. The summed E-state index contributed by atoms with van der Waals surface area (Å²) in [7, 11) is 0. The van der Waals surface area contributed by atoms with Crippen molar-refractivity contribution >= 4 is 5.69 Å². The number of unbranched alkanes of at least 4 members (excludes halogenated alkanes) is 1. The fraction of sp³-hybridized carbons (Fsp3) is 0.250. The highest BCUT2D eigenvalue weighted by Gasteiger charge is 2.11. The Bertz CT molecular complexity index is 463. The predicted molar refractivity (Wildman–Crippen MR) is 62.7 cm³/mol. The maximum absolute atomic E-state index is 10.5. The van der Waals surface area contributed by atoms with Gasteiger partial charge in [0, 0.05) is 12.1 Å². The summed E-state index contributed by atoms with van der Waals surface area (Å²) in [5.41, 5.74) is 0.0674. The van der Waals surface area contributed by atoms with Crippen LogP contribution in [0.3, 0.4) is 0 Å². The van der Waals surface area contributed by atoms with Crippen molar-refractivity contribution in [1.29, 1.82) is 5.26 Å². The summed E-state index contributed by atoms with van der Waals surface area (Å²) in [5.74, 6) is 0.377. The lowest BCUT2D eigenvalue weighted by molar-refractivity contribution is -0.384. The number of ether oxygens (including phenoxy) is 1. The maximum Gasteiger partial charge on any atom is 0.271 e. The maximum atomic E-state index is 10.5. The van der Waals surface area contributed by atoms with E-state index in [1.54, 1.807) is 6.08 Å². The Morgan fingerprint density at radius 3 is 2.94 bits per heavy atom. The number of allylic oxidation sites excluding steroid dienone is 1. The molecule has 1 rings (SSSR count). The molecule has 1 aromatic carbocycles. The van der Waals surface area contributed by atoms with Crippen molar-refractivity contribution in [3.8, 4) is 11.8 Å². The van der Waals surface area contributed by atoms with Gasteiger partial charge in [0.2, 0.25) is 0 Å². The van der Waals surface area contributed by atoms with E-state index in [4.69, 9.17) is 10.00 Å². The van der Waals surface area contributed by atoms with E-state index in [0.717, 1.165) is 12.8 Å². The number of nitrogens with zero attached hydrogens (tertiary/aromatic N) is 2. The zero-order valence-electron chi connectivity index (χ0n) is 9.26. The highest BCUT2D eigenvalue weighted by Crippen LogP contribution is 2.23. The SMILES string of the molecule is C=CCCCOc1ccc([N+](=O)[O-])cc1C#N. The topological polar surface area (TPSA) is 76.2 Å². The van der Waals surface area contributed by atoms with Gasteiger partial charge in [0.05, 0.1) is 11.5 Å². The van der Waals surface area contributed by atoms with Gasteiger partial charge < -0.3 is 4.74 Å². The summed E-state index contributed by atoms with van der Waals surface area (Å²) >= 11 is 0. The van der Waals surface area contributed by atoms with E-state index in [9.17, 15) is 10.1 Å². The third-order valence-electron chi connectivity index (χ3n) is 2.10. The van der Waals surface area contributed by atoms with E-state index in [1.165, 1.54) is 18.2 Å². The van der Waals surface area contributed by atoms with E-state index in [0.29, 0.717) is 12.4 Å². The Labute approximate surface area is 99.1 Å². The number of benzene rings is 1. The number of hydrogen-bond donors (Lipinski definition) is 0. The van der Waals surface area contributed by atoms with Gasteiger partial charge in [-0.2, -0.15) is 5.26 Å². The second-order valence-corrected chi connectivity index (χ2v) is 3.33. The average molecular weight is 232 g/mol. The molecule has 0 N–H and O–H groups in total. The van der Waals surface area contributed by atoms with E-state index in [-0.39, 0.29) is 11.3 Å². The molecule has 0 saturated carbocycles. The van der Waals surface area contributed by atoms with Gasteiger partial charge in [0.25, 0.3) is 5.69 Å². The first-order chi connectivity index (χ1) is 8.19. The molecule has 5 heteroatoms. The largest absolute Gasteiger partial charge is 0.492 e. The molecule has 88 valence electrons. The molecule has 0 bridgehead atoms. The van der Waals surface area contributed by atoms with Crippen molar-refractivity contribution in [1.82, 2.24) is 0 Å². The van der Waals surface area contributed by atoms with E-state index < -0.39 is 4.92 Å². The first-order valence-electron chi connectivity index (χ1n) is 5.11. The van der Waals surface area contributed by atoms with E-state index in [1.807, 2.05) is 6.07 Å². The Balaban J connectivity index is 2.76. The quantitative estimate of drug-likeness (QED) is 0.327. The van der Waals surface area contributed by atoms with Gasteiger partial charge >= 0.3 is 0 Å². The summed E-state index contributed by atoms with van der Waals surface area (Å²) in [6.45, 7) is 4.04. The van der Waals surface area contributed by atoms with Crippen LogP contribution in [0.4, 0.5) is 5.69 Å². The lowest BCUT2D eigenvalue weighted by atomic mass is 10.2. The first kappa shape index (κ1) is 12.7. The van der Waals surface area contributed by atoms with Crippen LogP contribution in [0.5, 0.6) is 5.75 Å². The molecule has 0 heterocycles. The number of non-ortho nitro benzene ring substituents is 1. The third-order valence-corrected chi connectivity index (χ3v) is 2.10. The van der Waals surface area contributed by atoms with Crippen LogP contribution >= 0.6 is 0 Å². The third kappa shape index (κ3) is 3.61. The Morgan fingerprint density at radius 2 is 2.35 bits per heavy atom. The second-order valence-electron chi connectivity index (χ2n) is 3.33. The van der Waals surface area contributed by atoms with Crippen molar-refractivity contribution in [2.75, 3.05) is 6.61 Å². The highest BCUT2D eigenvalue weighted by molar-refractivity contribution is 5.50. The summed E-state index contributed by atoms with van der Waals surface area (Å²) in [6.07, 6.45) is 3.41. The fourth-order valence-electron chi connectivity index (χ4n) is 1.25. The monoisotopic (exact) mass is 232 g/mol. The number of rotatable bonds is 6. The lowest BCUT2D eigenvalue weighted by Crippen LogP contribution is -1.99. The second kappa shape index (κ2) is 6.28. The van der Waals surface area contributed by atoms with Gasteiger partial charge in [-0.3, -0.25) is 10.1 Å². The molecule has 17 heavy (non-hydrogen) atoms. The van der Waals surface area contributed by atoms with Crippen molar-refractivity contribution in [3.63, 3.8) is 0 Å². The molecule has 0 spiro atoms. The predicted octanol–water partition coefficient (Wildman–Crippen LogP) is 2.81. The Morgan fingerprint density at radius 1 is 1.59 bits per heavy atom. The molecule has 0 radical (unpaired) electrons. The average Bonchev–Trinajstić information content (AvgIpc) is 2.34. The molecule has 0 atom stereocenters.